The van der Waals surface area contributed by atoms with Crippen molar-refractivity contribution in [2.24, 2.45) is 0 Å². The molecule has 1 aliphatic heterocycles. The zero-order valence-electron chi connectivity index (χ0n) is 13.2. The average molecular weight is 390 g/mol. The molecule has 7 heteroatoms. The Morgan fingerprint density at radius 2 is 2.08 bits per heavy atom. The van der Waals surface area contributed by atoms with Gasteiger partial charge in [-0.2, -0.15) is 0 Å². The Bertz CT molecular complexity index is 797. The molecule has 1 unspecified atom stereocenters. The van der Waals surface area contributed by atoms with Crippen molar-refractivity contribution in [3.05, 3.63) is 58.3 Å². The number of amides is 3. The fraction of sp³-hybridized carbons (Fsp3) is 0.235. The maximum atomic E-state index is 12.8. The van der Waals surface area contributed by atoms with Gasteiger partial charge in [-0.25, -0.2) is 4.79 Å². The van der Waals surface area contributed by atoms with E-state index in [0.29, 0.717) is 11.4 Å². The summed E-state index contributed by atoms with van der Waals surface area (Å²) in [6.07, 6.45) is 1.60. The van der Waals surface area contributed by atoms with E-state index < -0.39 is 11.6 Å². The number of halogens is 1. The van der Waals surface area contributed by atoms with Crippen LogP contribution in [0, 0.1) is 0 Å². The molecule has 1 aliphatic rings. The molecule has 2 heterocycles. The molecule has 0 bridgehead atoms. The number of urea groups is 1. The number of carbonyl (C=O) groups is 2. The van der Waals surface area contributed by atoms with Crippen LogP contribution < -0.4 is 10.1 Å². The van der Waals surface area contributed by atoms with Crippen molar-refractivity contribution in [3.8, 4) is 5.75 Å². The fourth-order valence-electron chi connectivity index (χ4n) is 2.66. The Balaban J connectivity index is 1.86. The van der Waals surface area contributed by atoms with Crippen molar-refractivity contribution < 1.29 is 14.3 Å². The second kappa shape index (κ2) is 6.24. The number of pyridine rings is 1. The minimum Gasteiger partial charge on any atom is -0.496 e. The number of nitrogens with zero attached hydrogens (tertiary/aromatic N) is 2. The normalized spacial score (nSPS) is 20.2. The minimum absolute atomic E-state index is 0.176. The van der Waals surface area contributed by atoms with Crippen LogP contribution in [0.15, 0.2) is 47.1 Å². The van der Waals surface area contributed by atoms with Crippen LogP contribution in [0.25, 0.3) is 0 Å². The van der Waals surface area contributed by atoms with Gasteiger partial charge in [0, 0.05) is 6.20 Å². The van der Waals surface area contributed by atoms with Crippen LogP contribution in [0.3, 0.4) is 0 Å². The summed E-state index contributed by atoms with van der Waals surface area (Å²) >= 11 is 3.41. The van der Waals surface area contributed by atoms with Gasteiger partial charge >= 0.3 is 6.03 Å². The van der Waals surface area contributed by atoms with E-state index in [1.807, 2.05) is 12.1 Å². The summed E-state index contributed by atoms with van der Waals surface area (Å²) in [5, 5.41) is 2.74. The molecule has 0 radical (unpaired) electrons. The van der Waals surface area contributed by atoms with Gasteiger partial charge in [0.25, 0.3) is 5.91 Å². The number of imide groups is 1. The van der Waals surface area contributed by atoms with E-state index in [9.17, 15) is 9.59 Å². The summed E-state index contributed by atoms with van der Waals surface area (Å²) in [6.45, 7) is 1.84. The van der Waals surface area contributed by atoms with Crippen LogP contribution in [-0.4, -0.2) is 28.9 Å². The van der Waals surface area contributed by atoms with E-state index in [1.54, 1.807) is 44.5 Å². The molecule has 24 heavy (non-hydrogen) atoms. The van der Waals surface area contributed by atoms with E-state index in [1.165, 1.54) is 4.90 Å². The quantitative estimate of drug-likeness (QED) is 0.816. The summed E-state index contributed by atoms with van der Waals surface area (Å²) in [4.78, 5) is 30.5. The molecule has 1 aromatic heterocycles. The number of ether oxygens (including phenoxy) is 1. The number of nitrogens with one attached hydrogen (secondary N) is 1. The van der Waals surface area contributed by atoms with E-state index >= 15 is 0 Å². The van der Waals surface area contributed by atoms with E-state index in [0.717, 1.165) is 10.0 Å². The van der Waals surface area contributed by atoms with Crippen molar-refractivity contribution >= 4 is 27.9 Å². The van der Waals surface area contributed by atoms with Gasteiger partial charge in [0.1, 0.15) is 5.75 Å². The minimum atomic E-state index is -1.15. The van der Waals surface area contributed by atoms with Gasteiger partial charge in [-0.05, 0) is 52.7 Å². The first kappa shape index (κ1) is 16.4. The summed E-state index contributed by atoms with van der Waals surface area (Å²) < 4.78 is 5.95. The molecular formula is C17H16BrN3O3. The topological polar surface area (TPSA) is 71.5 Å². The third-order valence-corrected chi connectivity index (χ3v) is 4.63. The lowest BCUT2D eigenvalue weighted by molar-refractivity contribution is -0.131. The lowest BCUT2D eigenvalue weighted by Crippen LogP contribution is -2.41. The Kier molecular flexibility index (Phi) is 4.28. The molecule has 2 aromatic rings. The van der Waals surface area contributed by atoms with Crippen molar-refractivity contribution in [1.82, 2.24) is 15.2 Å². The third-order valence-electron chi connectivity index (χ3n) is 4.01. The summed E-state index contributed by atoms with van der Waals surface area (Å²) in [7, 11) is 1.58. The predicted octanol–water partition coefficient (Wildman–Crippen LogP) is 2.82. The summed E-state index contributed by atoms with van der Waals surface area (Å²) in [5.41, 5.74) is 0.181. The predicted molar refractivity (Wildman–Crippen MR) is 91.4 cm³/mol. The molecule has 1 aromatic carbocycles. The third kappa shape index (κ3) is 2.75. The van der Waals surface area contributed by atoms with Crippen LogP contribution in [-0.2, 0) is 16.9 Å². The zero-order valence-corrected chi connectivity index (χ0v) is 14.8. The highest BCUT2D eigenvalue weighted by atomic mass is 79.9. The molecule has 1 saturated heterocycles. The van der Waals surface area contributed by atoms with Gasteiger partial charge < -0.3 is 10.1 Å². The number of methoxy groups -OCH3 is 1. The Hall–Kier alpha value is -2.41. The molecule has 1 atom stereocenters. The van der Waals surface area contributed by atoms with Gasteiger partial charge in [0.2, 0.25) is 0 Å². The summed E-state index contributed by atoms with van der Waals surface area (Å²) in [6, 6.07) is 10.3. The number of rotatable bonds is 4. The molecule has 0 aliphatic carbocycles. The van der Waals surface area contributed by atoms with Crippen molar-refractivity contribution in [1.29, 1.82) is 0 Å². The Morgan fingerprint density at radius 1 is 1.29 bits per heavy atom. The Morgan fingerprint density at radius 3 is 2.71 bits per heavy atom. The molecule has 3 rings (SSSR count). The summed E-state index contributed by atoms with van der Waals surface area (Å²) in [5.74, 6) is 0.368. The molecule has 3 amide bonds. The first-order chi connectivity index (χ1) is 11.5. The monoisotopic (exact) mass is 389 g/mol. The lowest BCUT2D eigenvalue weighted by Gasteiger charge is -2.21. The fourth-order valence-corrected chi connectivity index (χ4v) is 3.25. The van der Waals surface area contributed by atoms with Crippen molar-refractivity contribution in [2.75, 3.05) is 7.11 Å². The molecule has 124 valence electrons. The Labute approximate surface area is 148 Å². The second-order valence-electron chi connectivity index (χ2n) is 5.63. The van der Waals surface area contributed by atoms with E-state index in [4.69, 9.17) is 4.74 Å². The number of aromatic nitrogens is 1. The first-order valence-corrected chi connectivity index (χ1v) is 8.13. The molecule has 6 nitrogen and oxygen atoms in total. The van der Waals surface area contributed by atoms with Gasteiger partial charge in [-0.3, -0.25) is 14.7 Å². The number of benzene rings is 1. The maximum Gasteiger partial charge on any atom is 0.325 e. The van der Waals surface area contributed by atoms with Crippen LogP contribution in [0.5, 0.6) is 5.75 Å². The first-order valence-electron chi connectivity index (χ1n) is 7.34. The molecule has 1 N–H and O–H groups in total. The van der Waals surface area contributed by atoms with Gasteiger partial charge in [-0.1, -0.05) is 12.1 Å². The number of carbonyl (C=O) groups excluding carboxylic acids is 2. The molecular weight excluding hydrogens is 374 g/mol. The highest BCUT2D eigenvalue weighted by Crippen LogP contribution is 2.30. The van der Waals surface area contributed by atoms with Crippen LogP contribution >= 0.6 is 15.9 Å². The van der Waals surface area contributed by atoms with Crippen LogP contribution in [0.4, 0.5) is 4.79 Å². The zero-order chi connectivity index (χ0) is 17.3. The number of hydrogen-bond donors (Lipinski definition) is 1. The van der Waals surface area contributed by atoms with E-state index in [2.05, 4.69) is 26.2 Å². The van der Waals surface area contributed by atoms with Crippen LogP contribution in [0.1, 0.15) is 18.2 Å². The van der Waals surface area contributed by atoms with Crippen molar-refractivity contribution in [2.45, 2.75) is 19.0 Å². The van der Waals surface area contributed by atoms with Crippen LogP contribution in [0.2, 0.25) is 0 Å². The second-order valence-corrected chi connectivity index (χ2v) is 6.48. The standard InChI is InChI=1S/C17H16BrN3O3/c1-17(14-5-3-4-8-19-14)15(22)21(16(23)20-17)10-11-6-7-13(24-2)12(18)9-11/h3-9H,10H2,1-2H3,(H,20,23). The van der Waals surface area contributed by atoms with Gasteiger partial charge in [0.15, 0.2) is 5.54 Å². The smallest absolute Gasteiger partial charge is 0.325 e. The van der Waals surface area contributed by atoms with Gasteiger partial charge in [0.05, 0.1) is 23.8 Å². The molecule has 0 spiro atoms. The van der Waals surface area contributed by atoms with Crippen molar-refractivity contribution in [3.63, 3.8) is 0 Å². The number of hydrogen-bond acceptors (Lipinski definition) is 4. The largest absolute Gasteiger partial charge is 0.496 e. The highest BCUT2D eigenvalue weighted by molar-refractivity contribution is 9.10. The van der Waals surface area contributed by atoms with E-state index in [-0.39, 0.29) is 12.5 Å². The lowest BCUT2D eigenvalue weighted by atomic mass is 9.97. The SMILES string of the molecule is COc1ccc(CN2C(=O)NC(C)(c3ccccn3)C2=O)cc1Br. The highest BCUT2D eigenvalue weighted by Gasteiger charge is 2.49. The molecule has 1 fully saturated rings. The maximum absolute atomic E-state index is 12.8. The molecule has 0 saturated carbocycles. The van der Waals surface area contributed by atoms with Gasteiger partial charge in [-0.15, -0.1) is 0 Å². The average Bonchev–Trinajstić information content (AvgIpc) is 2.80.